The maximum atomic E-state index is 13.3. The van der Waals surface area contributed by atoms with Gasteiger partial charge < -0.3 is 21.1 Å². The first-order chi connectivity index (χ1) is 12.8. The van der Waals surface area contributed by atoms with Gasteiger partial charge in [-0.3, -0.25) is 15.0 Å². The lowest BCUT2D eigenvalue weighted by molar-refractivity contribution is -0.122. The molecule has 0 heterocycles. The van der Waals surface area contributed by atoms with Gasteiger partial charge in [-0.15, -0.1) is 12.4 Å². The van der Waals surface area contributed by atoms with Gasteiger partial charge in [0.25, 0.3) is 11.8 Å². The van der Waals surface area contributed by atoms with Crippen LogP contribution in [0.3, 0.4) is 0 Å². The topological polar surface area (TPSA) is 117 Å². The van der Waals surface area contributed by atoms with Crippen molar-refractivity contribution >= 4 is 30.1 Å². The molecule has 2 aromatic carbocycles. The Morgan fingerprint density at radius 2 is 1.86 bits per heavy atom. The molecule has 0 aromatic heterocycles. The van der Waals surface area contributed by atoms with Gasteiger partial charge in [0.2, 0.25) is 0 Å². The number of hydrogen-bond donors (Lipinski definition) is 4. The highest BCUT2D eigenvalue weighted by Crippen LogP contribution is 2.21. The van der Waals surface area contributed by atoms with E-state index >= 15 is 0 Å². The number of halogens is 2. The summed E-state index contributed by atoms with van der Waals surface area (Å²) in [5.74, 6) is -0.874. The van der Waals surface area contributed by atoms with E-state index < -0.39 is 0 Å². The minimum absolute atomic E-state index is 0. The lowest BCUT2D eigenvalue weighted by Gasteiger charge is -2.13. The molecule has 0 bridgehead atoms. The van der Waals surface area contributed by atoms with E-state index in [9.17, 15) is 14.0 Å². The highest BCUT2D eigenvalue weighted by molar-refractivity contribution is 5.96. The van der Waals surface area contributed by atoms with Crippen LogP contribution in [0.15, 0.2) is 36.4 Å². The lowest BCUT2D eigenvalue weighted by Crippen LogP contribution is -2.26. The van der Waals surface area contributed by atoms with Gasteiger partial charge in [-0.05, 0) is 36.8 Å². The molecule has 0 unspecified atom stereocenters. The normalized spacial score (nSPS) is 9.82. The maximum absolute atomic E-state index is 13.3. The largest absolute Gasteiger partial charge is 0.483 e. The molecule has 9 heteroatoms. The van der Waals surface area contributed by atoms with Crippen LogP contribution in [0.5, 0.6) is 5.75 Å². The van der Waals surface area contributed by atoms with E-state index in [-0.39, 0.29) is 49.0 Å². The number of rotatable bonds is 7. The van der Waals surface area contributed by atoms with Crippen LogP contribution in [0.2, 0.25) is 0 Å². The van der Waals surface area contributed by atoms with Crippen LogP contribution in [-0.2, 0) is 11.3 Å². The SMILES string of the molecule is CNC(=O)COc1cc(C(=N)N)ccc1CNC(=O)c1ccc(F)c(C)c1.Cl. The van der Waals surface area contributed by atoms with Crippen molar-refractivity contribution in [2.45, 2.75) is 13.5 Å². The average molecular weight is 409 g/mol. The van der Waals surface area contributed by atoms with Crippen molar-refractivity contribution in [1.29, 1.82) is 5.41 Å². The molecule has 0 radical (unpaired) electrons. The summed E-state index contributed by atoms with van der Waals surface area (Å²) in [5, 5.41) is 12.7. The molecule has 0 aliphatic rings. The first-order valence-electron chi connectivity index (χ1n) is 8.17. The minimum atomic E-state index is -0.378. The number of amides is 2. The zero-order valence-corrected chi connectivity index (χ0v) is 16.3. The molecule has 2 amide bonds. The molecule has 2 aromatic rings. The van der Waals surface area contributed by atoms with Crippen LogP contribution in [-0.4, -0.2) is 31.3 Å². The van der Waals surface area contributed by atoms with Gasteiger partial charge in [0.1, 0.15) is 17.4 Å². The summed E-state index contributed by atoms with van der Waals surface area (Å²) in [6.45, 7) is 1.49. The fourth-order valence-electron chi connectivity index (χ4n) is 2.28. The number of benzene rings is 2. The molecule has 0 saturated carbocycles. The minimum Gasteiger partial charge on any atom is -0.483 e. The Labute approximate surface area is 168 Å². The summed E-state index contributed by atoms with van der Waals surface area (Å²) in [7, 11) is 1.49. The molecule has 0 saturated heterocycles. The van der Waals surface area contributed by atoms with E-state index in [2.05, 4.69) is 10.6 Å². The fourth-order valence-corrected chi connectivity index (χ4v) is 2.28. The van der Waals surface area contributed by atoms with E-state index in [1.165, 1.54) is 31.3 Å². The van der Waals surface area contributed by atoms with Crippen LogP contribution >= 0.6 is 12.4 Å². The lowest BCUT2D eigenvalue weighted by atomic mass is 10.1. The van der Waals surface area contributed by atoms with Crippen LogP contribution in [0.1, 0.15) is 27.0 Å². The first kappa shape index (κ1) is 22.9. The third kappa shape index (κ3) is 5.95. The summed E-state index contributed by atoms with van der Waals surface area (Å²) in [5.41, 5.74) is 7.24. The van der Waals surface area contributed by atoms with E-state index in [0.29, 0.717) is 28.0 Å². The summed E-state index contributed by atoms with van der Waals surface area (Å²) in [6, 6.07) is 8.93. The Morgan fingerprint density at radius 3 is 2.46 bits per heavy atom. The van der Waals surface area contributed by atoms with E-state index in [4.69, 9.17) is 15.9 Å². The second-order valence-corrected chi connectivity index (χ2v) is 5.84. The molecule has 7 nitrogen and oxygen atoms in total. The monoisotopic (exact) mass is 408 g/mol. The van der Waals surface area contributed by atoms with Gasteiger partial charge in [-0.2, -0.15) is 0 Å². The number of likely N-dealkylation sites (N-methyl/N-ethyl adjacent to an activating group) is 1. The van der Waals surface area contributed by atoms with E-state index in [1.54, 1.807) is 19.1 Å². The number of nitrogens with two attached hydrogens (primary N) is 1. The number of ether oxygens (including phenoxy) is 1. The molecule has 28 heavy (non-hydrogen) atoms. The van der Waals surface area contributed by atoms with Crippen molar-refractivity contribution in [2.75, 3.05) is 13.7 Å². The predicted octanol–water partition coefficient (Wildman–Crippen LogP) is 1.89. The van der Waals surface area contributed by atoms with E-state index in [0.717, 1.165) is 0 Å². The highest BCUT2D eigenvalue weighted by atomic mass is 35.5. The Hall–Kier alpha value is -3.13. The molecule has 0 aliphatic carbocycles. The predicted molar refractivity (Wildman–Crippen MR) is 107 cm³/mol. The second-order valence-electron chi connectivity index (χ2n) is 5.84. The Kier molecular flexibility index (Phi) is 8.40. The fraction of sp³-hybridized carbons (Fsp3) is 0.211. The van der Waals surface area contributed by atoms with Crippen molar-refractivity contribution in [3.05, 3.63) is 64.5 Å². The molecule has 0 fully saturated rings. The van der Waals surface area contributed by atoms with E-state index in [1.807, 2.05) is 0 Å². The van der Waals surface area contributed by atoms with Gasteiger partial charge in [-0.25, -0.2) is 4.39 Å². The Bertz CT molecular complexity index is 889. The van der Waals surface area contributed by atoms with Gasteiger partial charge in [0.15, 0.2) is 6.61 Å². The summed E-state index contributed by atoms with van der Waals surface area (Å²) in [6.07, 6.45) is 0. The third-order valence-corrected chi connectivity index (χ3v) is 3.88. The summed E-state index contributed by atoms with van der Waals surface area (Å²) < 4.78 is 18.8. The average Bonchev–Trinajstić information content (AvgIpc) is 2.66. The highest BCUT2D eigenvalue weighted by Gasteiger charge is 2.12. The number of carbonyl (C=O) groups excluding carboxylic acids is 2. The van der Waals surface area contributed by atoms with Crippen molar-refractivity contribution in [2.24, 2.45) is 5.73 Å². The number of amidine groups is 1. The number of aryl methyl sites for hydroxylation is 1. The molecule has 0 aliphatic heterocycles. The molecule has 0 spiro atoms. The summed E-state index contributed by atoms with van der Waals surface area (Å²) >= 11 is 0. The maximum Gasteiger partial charge on any atom is 0.257 e. The van der Waals surface area contributed by atoms with Crippen LogP contribution in [0.4, 0.5) is 4.39 Å². The second kappa shape index (κ2) is 10.3. The molecular weight excluding hydrogens is 387 g/mol. The quantitative estimate of drug-likeness (QED) is 0.413. The van der Waals surface area contributed by atoms with Crippen molar-refractivity contribution in [1.82, 2.24) is 10.6 Å². The zero-order valence-electron chi connectivity index (χ0n) is 15.5. The number of nitrogens with one attached hydrogen (secondary N) is 3. The molecule has 5 N–H and O–H groups in total. The third-order valence-electron chi connectivity index (χ3n) is 3.88. The standard InChI is InChI=1S/C19H21FN4O3.ClH/c1-11-7-13(5-6-15(11)20)19(26)24-9-14-4-3-12(18(21)22)8-16(14)27-10-17(25)23-2;/h3-8H,9-10H2,1-2H3,(H3,21,22)(H,23,25)(H,24,26);1H. The van der Waals surface area contributed by atoms with Gasteiger partial charge in [0, 0.05) is 30.3 Å². The summed E-state index contributed by atoms with van der Waals surface area (Å²) in [4.78, 5) is 23.7. The Balaban J connectivity index is 0.00000392. The smallest absolute Gasteiger partial charge is 0.257 e. The molecule has 150 valence electrons. The van der Waals surface area contributed by atoms with Gasteiger partial charge >= 0.3 is 0 Å². The van der Waals surface area contributed by atoms with Crippen molar-refractivity contribution in [3.8, 4) is 5.75 Å². The van der Waals surface area contributed by atoms with Gasteiger partial charge in [-0.1, -0.05) is 12.1 Å². The van der Waals surface area contributed by atoms with Crippen LogP contribution < -0.4 is 21.1 Å². The number of hydrogen-bond acceptors (Lipinski definition) is 4. The molecule has 2 rings (SSSR count). The first-order valence-corrected chi connectivity index (χ1v) is 8.17. The Morgan fingerprint density at radius 1 is 1.18 bits per heavy atom. The van der Waals surface area contributed by atoms with Crippen molar-refractivity contribution in [3.63, 3.8) is 0 Å². The molecule has 0 atom stereocenters. The van der Waals surface area contributed by atoms with Crippen LogP contribution in [0.25, 0.3) is 0 Å². The molecular formula is C19H22ClFN4O3. The zero-order chi connectivity index (χ0) is 20.0. The number of carbonyl (C=O) groups is 2. The van der Waals surface area contributed by atoms with Crippen molar-refractivity contribution < 1.29 is 18.7 Å². The number of nitrogen functional groups attached to an aromatic ring is 1. The van der Waals surface area contributed by atoms with Crippen LogP contribution in [0, 0.1) is 18.2 Å². The van der Waals surface area contributed by atoms with Gasteiger partial charge in [0.05, 0.1) is 0 Å².